The van der Waals surface area contributed by atoms with Crippen LogP contribution >= 0.6 is 50.2 Å². The van der Waals surface area contributed by atoms with E-state index >= 15 is 0 Å². The second-order valence-electron chi connectivity index (χ2n) is 5.04. The average Bonchev–Trinajstić information content (AvgIpc) is 3.26. The van der Waals surface area contributed by atoms with Gasteiger partial charge in [-0.3, -0.25) is 9.59 Å². The number of halogens is 2. The number of rotatable bonds is 5. The van der Waals surface area contributed by atoms with E-state index in [2.05, 4.69) is 26.6 Å². The first kappa shape index (κ1) is 18.1. The zero-order valence-electron chi connectivity index (χ0n) is 12.7. The quantitative estimate of drug-likeness (QED) is 0.540. The van der Waals surface area contributed by atoms with Crippen LogP contribution in [0, 0.1) is 0 Å². The highest BCUT2D eigenvalue weighted by molar-refractivity contribution is 9.10. The van der Waals surface area contributed by atoms with Crippen LogP contribution in [0.25, 0.3) is 0 Å². The molecule has 0 atom stereocenters. The number of amides is 2. The van der Waals surface area contributed by atoms with Gasteiger partial charge in [-0.2, -0.15) is 0 Å². The van der Waals surface area contributed by atoms with Gasteiger partial charge >= 0.3 is 0 Å². The van der Waals surface area contributed by atoms with Crippen molar-refractivity contribution in [3.8, 4) is 0 Å². The predicted octanol–water partition coefficient (Wildman–Crippen LogP) is 5.41. The highest BCUT2D eigenvalue weighted by atomic mass is 79.9. The van der Waals surface area contributed by atoms with Crippen LogP contribution in [-0.2, 0) is 6.54 Å². The molecule has 0 unspecified atom stereocenters. The molecule has 2 N–H and O–H groups in total. The molecule has 0 saturated carbocycles. The Morgan fingerprint density at radius 3 is 2.64 bits per heavy atom. The van der Waals surface area contributed by atoms with E-state index in [4.69, 9.17) is 11.6 Å². The average molecular weight is 456 g/mol. The van der Waals surface area contributed by atoms with Crippen molar-refractivity contribution in [2.24, 2.45) is 0 Å². The van der Waals surface area contributed by atoms with E-state index in [0.29, 0.717) is 27.7 Å². The van der Waals surface area contributed by atoms with Gasteiger partial charge in [-0.15, -0.1) is 22.7 Å². The Bertz CT molecular complexity index is 909. The largest absolute Gasteiger partial charge is 0.347 e. The second kappa shape index (κ2) is 8.14. The maximum Gasteiger partial charge on any atom is 0.265 e. The lowest BCUT2D eigenvalue weighted by atomic mass is 10.2. The van der Waals surface area contributed by atoms with Gasteiger partial charge in [0.25, 0.3) is 11.8 Å². The summed E-state index contributed by atoms with van der Waals surface area (Å²) in [5.74, 6) is -0.481. The Kier molecular flexibility index (Phi) is 5.90. The van der Waals surface area contributed by atoms with Crippen LogP contribution in [0.3, 0.4) is 0 Å². The van der Waals surface area contributed by atoms with Crippen LogP contribution < -0.4 is 10.6 Å². The molecule has 8 heteroatoms. The molecule has 3 aromatic rings. The van der Waals surface area contributed by atoms with Crippen LogP contribution in [0.2, 0.25) is 5.02 Å². The second-order valence-corrected chi connectivity index (χ2v) is 8.31. The molecule has 3 rings (SSSR count). The number of anilines is 1. The maximum atomic E-state index is 12.3. The Labute approximate surface area is 166 Å². The van der Waals surface area contributed by atoms with Crippen LogP contribution in [0.1, 0.15) is 24.9 Å². The number of hydrogen-bond acceptors (Lipinski definition) is 4. The van der Waals surface area contributed by atoms with Crippen molar-refractivity contribution < 1.29 is 9.59 Å². The zero-order chi connectivity index (χ0) is 17.8. The van der Waals surface area contributed by atoms with E-state index in [1.165, 1.54) is 11.3 Å². The highest BCUT2D eigenvalue weighted by Gasteiger charge is 2.13. The first-order valence-electron chi connectivity index (χ1n) is 7.18. The van der Waals surface area contributed by atoms with E-state index in [1.54, 1.807) is 41.7 Å². The fraction of sp³-hybridized carbons (Fsp3) is 0.0588. The fourth-order valence-corrected chi connectivity index (χ4v) is 4.24. The molecule has 0 radical (unpaired) electrons. The van der Waals surface area contributed by atoms with Crippen LogP contribution in [-0.4, -0.2) is 11.8 Å². The smallest absolute Gasteiger partial charge is 0.265 e. The molecule has 25 heavy (non-hydrogen) atoms. The van der Waals surface area contributed by atoms with Crippen molar-refractivity contribution in [3.05, 3.63) is 72.0 Å². The molecule has 0 fully saturated rings. The predicted molar refractivity (Wildman–Crippen MR) is 107 cm³/mol. The van der Waals surface area contributed by atoms with E-state index < -0.39 is 0 Å². The summed E-state index contributed by atoms with van der Waals surface area (Å²) in [7, 11) is 0. The zero-order valence-corrected chi connectivity index (χ0v) is 16.7. The summed E-state index contributed by atoms with van der Waals surface area (Å²) in [5, 5.41) is 9.75. The summed E-state index contributed by atoms with van der Waals surface area (Å²) in [4.78, 5) is 26.1. The summed E-state index contributed by atoms with van der Waals surface area (Å²) in [5.41, 5.74) is 0.841. The van der Waals surface area contributed by atoms with Crippen molar-refractivity contribution in [3.63, 3.8) is 0 Å². The first-order chi connectivity index (χ1) is 12.0. The molecular weight excluding hydrogens is 444 g/mol. The van der Waals surface area contributed by atoms with Crippen LogP contribution in [0.4, 0.5) is 5.69 Å². The third-order valence-corrected chi connectivity index (χ3v) is 6.16. The summed E-state index contributed by atoms with van der Waals surface area (Å²) in [6, 6.07) is 10.3. The fourth-order valence-electron chi connectivity index (χ4n) is 2.07. The molecular formula is C17H12BrClN2O2S2. The molecule has 2 heterocycles. The topological polar surface area (TPSA) is 58.2 Å². The summed E-state index contributed by atoms with van der Waals surface area (Å²) >= 11 is 12.4. The minimum absolute atomic E-state index is 0.229. The van der Waals surface area contributed by atoms with Crippen molar-refractivity contribution in [2.75, 3.05) is 5.32 Å². The number of thiophene rings is 2. The summed E-state index contributed by atoms with van der Waals surface area (Å²) < 4.78 is 0.992. The third kappa shape index (κ3) is 4.70. The maximum absolute atomic E-state index is 12.3. The Morgan fingerprint density at radius 1 is 1.12 bits per heavy atom. The van der Waals surface area contributed by atoms with E-state index in [9.17, 15) is 9.59 Å². The molecule has 0 aliphatic rings. The first-order valence-corrected chi connectivity index (χ1v) is 10.1. The molecule has 2 aromatic heterocycles. The monoisotopic (exact) mass is 454 g/mol. The molecule has 0 spiro atoms. The van der Waals surface area contributed by atoms with Gasteiger partial charge in [-0.25, -0.2) is 0 Å². The molecule has 0 aliphatic heterocycles. The lowest BCUT2D eigenvalue weighted by Crippen LogP contribution is -2.22. The molecule has 0 saturated heterocycles. The van der Waals surface area contributed by atoms with E-state index in [0.717, 1.165) is 9.35 Å². The molecule has 2 amide bonds. The summed E-state index contributed by atoms with van der Waals surface area (Å²) in [6.07, 6.45) is 0. The lowest BCUT2D eigenvalue weighted by molar-refractivity contribution is 0.0950. The number of carbonyl (C=O) groups excluding carboxylic acids is 2. The van der Waals surface area contributed by atoms with Crippen molar-refractivity contribution in [2.45, 2.75) is 6.54 Å². The Balaban J connectivity index is 1.69. The van der Waals surface area contributed by atoms with Gasteiger partial charge in [0, 0.05) is 20.3 Å². The lowest BCUT2D eigenvalue weighted by Gasteiger charge is -2.09. The Morgan fingerprint density at radius 2 is 1.96 bits per heavy atom. The van der Waals surface area contributed by atoms with E-state index in [1.807, 2.05) is 16.8 Å². The van der Waals surface area contributed by atoms with Gasteiger partial charge < -0.3 is 10.6 Å². The van der Waals surface area contributed by atoms with Gasteiger partial charge in [-0.05, 0) is 51.6 Å². The van der Waals surface area contributed by atoms with Gasteiger partial charge in [-0.1, -0.05) is 17.7 Å². The van der Waals surface area contributed by atoms with Crippen LogP contribution in [0.5, 0.6) is 0 Å². The van der Waals surface area contributed by atoms with Crippen molar-refractivity contribution in [1.29, 1.82) is 0 Å². The number of benzene rings is 1. The van der Waals surface area contributed by atoms with Crippen LogP contribution in [0.15, 0.2) is 51.6 Å². The van der Waals surface area contributed by atoms with Gasteiger partial charge in [0.1, 0.15) is 0 Å². The number of carbonyl (C=O) groups is 2. The third-order valence-electron chi connectivity index (χ3n) is 3.27. The van der Waals surface area contributed by atoms with Gasteiger partial charge in [0.15, 0.2) is 0 Å². The van der Waals surface area contributed by atoms with Gasteiger partial charge in [0.2, 0.25) is 0 Å². The standard InChI is InChI=1S/C17H12BrClN2O2S2/c18-11-7-12(25-9-11)8-20-16(22)10-3-4-13(19)14(6-10)21-17(23)15-2-1-5-24-15/h1-7,9H,8H2,(H,20,22)(H,21,23). The number of hydrogen-bond donors (Lipinski definition) is 2. The van der Waals surface area contributed by atoms with Crippen molar-refractivity contribution in [1.82, 2.24) is 5.32 Å². The van der Waals surface area contributed by atoms with Crippen molar-refractivity contribution >= 4 is 67.7 Å². The summed E-state index contributed by atoms with van der Waals surface area (Å²) in [6.45, 7) is 0.439. The molecule has 4 nitrogen and oxygen atoms in total. The Hall–Kier alpha value is -1.67. The molecule has 128 valence electrons. The molecule has 0 aliphatic carbocycles. The van der Waals surface area contributed by atoms with E-state index in [-0.39, 0.29) is 11.8 Å². The SMILES string of the molecule is O=C(NCc1cc(Br)cs1)c1ccc(Cl)c(NC(=O)c2cccs2)c1. The molecule has 1 aromatic carbocycles. The van der Waals surface area contributed by atoms with Gasteiger partial charge in [0.05, 0.1) is 22.1 Å². The molecule has 0 bridgehead atoms. The minimum Gasteiger partial charge on any atom is -0.347 e. The normalized spacial score (nSPS) is 10.5. The number of nitrogens with one attached hydrogen (secondary N) is 2. The minimum atomic E-state index is -0.252. The highest BCUT2D eigenvalue weighted by Crippen LogP contribution is 2.25.